The van der Waals surface area contributed by atoms with Crippen LogP contribution in [-0.2, 0) is 5.75 Å². The number of H-pyrrole nitrogens is 1. The molecule has 0 spiro atoms. The van der Waals surface area contributed by atoms with Crippen LogP contribution < -0.4 is 5.56 Å². The molecule has 0 bridgehead atoms. The summed E-state index contributed by atoms with van der Waals surface area (Å²) in [6.45, 7) is 4.06. The van der Waals surface area contributed by atoms with E-state index in [1.807, 2.05) is 44.2 Å². The lowest BCUT2D eigenvalue weighted by Crippen LogP contribution is -2.16. The van der Waals surface area contributed by atoms with E-state index in [0.717, 1.165) is 5.69 Å². The third-order valence-electron chi connectivity index (χ3n) is 2.60. The van der Waals surface area contributed by atoms with Gasteiger partial charge in [-0.05, 0) is 34.0 Å². The van der Waals surface area contributed by atoms with Crippen LogP contribution in [0.15, 0.2) is 44.5 Å². The van der Waals surface area contributed by atoms with Crippen LogP contribution in [0.4, 0.5) is 0 Å². The van der Waals surface area contributed by atoms with Gasteiger partial charge in [-0.3, -0.25) is 4.79 Å². The first-order chi connectivity index (χ1) is 9.08. The average Bonchev–Trinajstić information content (AvgIpc) is 2.41. The van der Waals surface area contributed by atoms with Gasteiger partial charge in [-0.2, -0.15) is 0 Å². The maximum Gasteiger partial charge on any atom is 0.265 e. The number of benzene rings is 1. The molecule has 0 aliphatic rings. The molecule has 1 aromatic heterocycles. The van der Waals surface area contributed by atoms with Crippen LogP contribution in [0.5, 0.6) is 0 Å². The van der Waals surface area contributed by atoms with Crippen molar-refractivity contribution in [3.05, 3.63) is 56.7 Å². The molecule has 2 aromatic rings. The molecule has 0 saturated heterocycles. The minimum Gasteiger partial charge on any atom is -0.309 e. The van der Waals surface area contributed by atoms with Crippen LogP contribution in [0.2, 0.25) is 0 Å². The monoisotopic (exact) mass is 338 g/mol. The normalized spacial score (nSPS) is 10.9. The summed E-state index contributed by atoms with van der Waals surface area (Å²) in [4.78, 5) is 20.3. The molecule has 1 aromatic carbocycles. The molecule has 2 rings (SSSR count). The summed E-state index contributed by atoms with van der Waals surface area (Å²) in [6.07, 6.45) is 0. The molecule has 100 valence electrons. The quantitative estimate of drug-likeness (QED) is 0.858. The lowest BCUT2D eigenvalue weighted by molar-refractivity contribution is 0.784. The third kappa shape index (κ3) is 3.70. The number of thioether (sulfide) groups is 1. The highest BCUT2D eigenvalue weighted by Gasteiger charge is 2.12. The number of rotatable bonds is 4. The molecule has 0 amide bonds. The fourth-order valence-corrected chi connectivity index (χ4v) is 3.08. The van der Waals surface area contributed by atoms with Crippen molar-refractivity contribution in [1.29, 1.82) is 0 Å². The van der Waals surface area contributed by atoms with Crippen molar-refractivity contribution >= 4 is 27.7 Å². The summed E-state index contributed by atoms with van der Waals surface area (Å²) in [7, 11) is 0. The Hall–Kier alpha value is -1.07. The van der Waals surface area contributed by atoms with Crippen LogP contribution in [0.1, 0.15) is 31.3 Å². The Bertz CT molecular complexity index is 611. The SMILES string of the molecule is CC(C)c1nc(CSc2ccccc2)[nH]c(=O)c1Br. The molecule has 0 unspecified atom stereocenters. The van der Waals surface area contributed by atoms with E-state index in [0.29, 0.717) is 16.0 Å². The minimum atomic E-state index is -0.109. The van der Waals surface area contributed by atoms with E-state index in [-0.39, 0.29) is 11.5 Å². The van der Waals surface area contributed by atoms with E-state index in [1.54, 1.807) is 11.8 Å². The molecule has 0 atom stereocenters. The zero-order chi connectivity index (χ0) is 13.8. The molecular formula is C14H15BrN2OS. The first-order valence-electron chi connectivity index (χ1n) is 6.04. The molecule has 0 fully saturated rings. The maximum atomic E-state index is 11.8. The van der Waals surface area contributed by atoms with Crippen molar-refractivity contribution in [2.45, 2.75) is 30.4 Å². The fourth-order valence-electron chi connectivity index (χ4n) is 1.64. The Labute approximate surface area is 125 Å². The zero-order valence-corrected chi connectivity index (χ0v) is 13.2. The molecule has 5 heteroatoms. The second-order valence-electron chi connectivity index (χ2n) is 4.47. The van der Waals surface area contributed by atoms with Gasteiger partial charge in [-0.25, -0.2) is 4.98 Å². The molecule has 0 aliphatic heterocycles. The molecule has 3 nitrogen and oxygen atoms in total. The lowest BCUT2D eigenvalue weighted by atomic mass is 10.1. The van der Waals surface area contributed by atoms with Crippen molar-refractivity contribution in [2.75, 3.05) is 0 Å². The van der Waals surface area contributed by atoms with Gasteiger partial charge in [0, 0.05) is 4.90 Å². The van der Waals surface area contributed by atoms with E-state index in [2.05, 4.69) is 25.9 Å². The molecule has 1 N–H and O–H groups in total. The molecule has 19 heavy (non-hydrogen) atoms. The van der Waals surface area contributed by atoms with Gasteiger partial charge in [0.25, 0.3) is 5.56 Å². The summed E-state index contributed by atoms with van der Waals surface area (Å²) in [5, 5.41) is 0. The zero-order valence-electron chi connectivity index (χ0n) is 10.8. The van der Waals surface area contributed by atoms with E-state index in [4.69, 9.17) is 0 Å². The Morgan fingerprint density at radius 2 is 2.00 bits per heavy atom. The highest BCUT2D eigenvalue weighted by atomic mass is 79.9. The third-order valence-corrected chi connectivity index (χ3v) is 4.39. The number of aromatic nitrogens is 2. The molecule has 1 heterocycles. The smallest absolute Gasteiger partial charge is 0.265 e. The number of nitrogens with zero attached hydrogens (tertiary/aromatic N) is 1. The van der Waals surface area contributed by atoms with Gasteiger partial charge < -0.3 is 4.98 Å². The Balaban J connectivity index is 2.20. The van der Waals surface area contributed by atoms with Gasteiger partial charge in [0.15, 0.2) is 0 Å². The Morgan fingerprint density at radius 3 is 2.63 bits per heavy atom. The van der Waals surface area contributed by atoms with Crippen molar-refractivity contribution in [3.8, 4) is 0 Å². The van der Waals surface area contributed by atoms with Crippen LogP contribution in [-0.4, -0.2) is 9.97 Å². The number of halogens is 1. The fraction of sp³-hybridized carbons (Fsp3) is 0.286. The van der Waals surface area contributed by atoms with Gasteiger partial charge in [0.1, 0.15) is 10.3 Å². The van der Waals surface area contributed by atoms with E-state index < -0.39 is 0 Å². The maximum absolute atomic E-state index is 11.8. The highest BCUT2D eigenvalue weighted by molar-refractivity contribution is 9.10. The van der Waals surface area contributed by atoms with Gasteiger partial charge in [-0.1, -0.05) is 32.0 Å². The molecule has 0 radical (unpaired) electrons. The first kappa shape index (κ1) is 14.3. The number of hydrogen-bond acceptors (Lipinski definition) is 3. The van der Waals surface area contributed by atoms with Gasteiger partial charge in [0.2, 0.25) is 0 Å². The Morgan fingerprint density at radius 1 is 1.32 bits per heavy atom. The first-order valence-corrected chi connectivity index (χ1v) is 7.82. The highest BCUT2D eigenvalue weighted by Crippen LogP contribution is 2.23. The van der Waals surface area contributed by atoms with Crippen LogP contribution in [0.25, 0.3) is 0 Å². The average molecular weight is 339 g/mol. The summed E-state index contributed by atoms with van der Waals surface area (Å²) in [5.74, 6) is 1.59. The summed E-state index contributed by atoms with van der Waals surface area (Å²) >= 11 is 4.96. The van der Waals surface area contributed by atoms with Crippen LogP contribution in [0.3, 0.4) is 0 Å². The molecule has 0 saturated carbocycles. The van der Waals surface area contributed by atoms with E-state index >= 15 is 0 Å². The predicted molar refractivity (Wildman–Crippen MR) is 82.6 cm³/mol. The van der Waals surface area contributed by atoms with Gasteiger partial charge in [0.05, 0.1) is 11.4 Å². The van der Waals surface area contributed by atoms with Crippen LogP contribution in [0, 0.1) is 0 Å². The summed E-state index contributed by atoms with van der Waals surface area (Å²) in [5.41, 5.74) is 0.703. The molecule has 0 aliphatic carbocycles. The van der Waals surface area contributed by atoms with Crippen molar-refractivity contribution in [1.82, 2.24) is 9.97 Å². The standard InChI is InChI=1S/C14H15BrN2OS/c1-9(2)13-12(15)14(18)17-11(16-13)8-19-10-6-4-3-5-7-10/h3-7,9H,8H2,1-2H3,(H,16,17,18). The van der Waals surface area contributed by atoms with Crippen LogP contribution >= 0.6 is 27.7 Å². The summed E-state index contributed by atoms with van der Waals surface area (Å²) in [6, 6.07) is 10.1. The van der Waals surface area contributed by atoms with E-state index in [1.165, 1.54) is 4.90 Å². The Kier molecular flexibility index (Phi) is 4.82. The number of nitrogens with one attached hydrogen (secondary N) is 1. The lowest BCUT2D eigenvalue weighted by Gasteiger charge is -2.09. The van der Waals surface area contributed by atoms with Crippen molar-refractivity contribution in [2.24, 2.45) is 0 Å². The predicted octanol–water partition coefficient (Wildman–Crippen LogP) is 3.95. The minimum absolute atomic E-state index is 0.109. The molecular weight excluding hydrogens is 324 g/mol. The van der Waals surface area contributed by atoms with Crippen molar-refractivity contribution in [3.63, 3.8) is 0 Å². The van der Waals surface area contributed by atoms with Crippen molar-refractivity contribution < 1.29 is 0 Å². The largest absolute Gasteiger partial charge is 0.309 e. The second-order valence-corrected chi connectivity index (χ2v) is 6.31. The van der Waals surface area contributed by atoms with E-state index in [9.17, 15) is 4.79 Å². The van der Waals surface area contributed by atoms with Gasteiger partial charge >= 0.3 is 0 Å². The number of hydrogen-bond donors (Lipinski definition) is 1. The number of aromatic amines is 1. The van der Waals surface area contributed by atoms with Gasteiger partial charge in [-0.15, -0.1) is 11.8 Å². The topological polar surface area (TPSA) is 45.8 Å². The summed E-state index contributed by atoms with van der Waals surface area (Å²) < 4.78 is 0.538. The second kappa shape index (κ2) is 6.39.